The number of rotatable bonds is 6. The molecule has 34 heavy (non-hydrogen) atoms. The van der Waals surface area contributed by atoms with Gasteiger partial charge in [-0.15, -0.1) is 17.7 Å². The second-order valence-electron chi connectivity index (χ2n) is 8.12. The summed E-state index contributed by atoms with van der Waals surface area (Å²) in [5, 5.41) is 3.80. The largest absolute Gasteiger partial charge is 2.00 e. The number of fused-ring (bicyclic) bond motifs is 1. The van der Waals surface area contributed by atoms with E-state index in [1.807, 2.05) is 6.92 Å². The van der Waals surface area contributed by atoms with Gasteiger partial charge in [-0.05, 0) is 30.5 Å². The van der Waals surface area contributed by atoms with Crippen LogP contribution in [0.25, 0.3) is 10.9 Å². The van der Waals surface area contributed by atoms with E-state index < -0.39 is 11.7 Å². The number of anilines is 2. The number of nitrogens with one attached hydrogen (secondary N) is 1. The molecule has 0 saturated carbocycles. The van der Waals surface area contributed by atoms with Gasteiger partial charge >= 0.3 is 37.3 Å². The number of aromatic nitrogens is 3. The fourth-order valence-electron chi connectivity index (χ4n) is 3.81. The molecule has 10 heteroatoms. The zero-order valence-corrected chi connectivity index (χ0v) is 22.9. The summed E-state index contributed by atoms with van der Waals surface area (Å²) in [6.45, 7) is 10.2. The molecule has 0 spiro atoms. The molecule has 1 N–H and O–H groups in total. The predicted molar refractivity (Wildman–Crippen MR) is 121 cm³/mol. The molecule has 176 valence electrons. The minimum Gasteiger partial charge on any atom is -0.377 e. The Morgan fingerprint density at radius 2 is 2.03 bits per heavy atom. The molecule has 1 unspecified atom stereocenters. The average Bonchev–Trinajstić information content (AvgIpc) is 3.22. The van der Waals surface area contributed by atoms with Crippen molar-refractivity contribution in [2.24, 2.45) is 0 Å². The van der Waals surface area contributed by atoms with E-state index in [1.54, 1.807) is 23.2 Å². The second kappa shape index (κ2) is 10.5. The first kappa shape index (κ1) is 26.3. The number of nitrogens with zero attached hydrogens (tertiary/aromatic N) is 4. The number of hydrogen-bond acceptors (Lipinski definition) is 5. The van der Waals surface area contributed by atoms with E-state index in [0.29, 0.717) is 53.3 Å². The summed E-state index contributed by atoms with van der Waals surface area (Å²) in [7, 11) is 0. The third-order valence-electron chi connectivity index (χ3n) is 5.83. The SMILES string of the molecule is [CH2-]CC(C)c1nc(NCc2cccc(C(F)(F)F)c2[CH2-])c2cc(N3CCCC3=O)ncc2n1.[U+2]. The summed E-state index contributed by atoms with van der Waals surface area (Å²) in [6, 6.07) is 5.73. The van der Waals surface area contributed by atoms with E-state index in [0.717, 1.165) is 12.5 Å². The first-order valence-corrected chi connectivity index (χ1v) is 10.7. The Labute approximate surface area is 220 Å². The van der Waals surface area contributed by atoms with E-state index in [4.69, 9.17) is 0 Å². The van der Waals surface area contributed by atoms with Gasteiger partial charge in [-0.2, -0.15) is 32.1 Å². The summed E-state index contributed by atoms with van der Waals surface area (Å²) in [5.41, 5.74) is 0.149. The predicted octanol–water partition coefficient (Wildman–Crippen LogP) is 5.29. The topological polar surface area (TPSA) is 71.0 Å². The smallest absolute Gasteiger partial charge is 0.377 e. The molecule has 3 aromatic rings. The maximum Gasteiger partial charge on any atom is 2.00 e. The molecule has 0 bridgehead atoms. The van der Waals surface area contributed by atoms with Crippen LogP contribution >= 0.6 is 0 Å². The van der Waals surface area contributed by atoms with Gasteiger partial charge in [0.1, 0.15) is 17.5 Å². The molecular weight excluding hydrogens is 669 g/mol. The van der Waals surface area contributed by atoms with Crippen molar-refractivity contribution < 1.29 is 49.1 Å². The molecule has 6 nitrogen and oxygen atoms in total. The van der Waals surface area contributed by atoms with Crippen molar-refractivity contribution >= 4 is 28.4 Å². The van der Waals surface area contributed by atoms with Gasteiger partial charge in [0, 0.05) is 18.4 Å². The van der Waals surface area contributed by atoms with E-state index in [9.17, 15) is 18.0 Å². The third kappa shape index (κ3) is 5.33. The fourth-order valence-corrected chi connectivity index (χ4v) is 3.81. The maximum absolute atomic E-state index is 13.3. The minimum atomic E-state index is -4.48. The van der Waals surface area contributed by atoms with Crippen molar-refractivity contribution in [1.82, 2.24) is 15.0 Å². The van der Waals surface area contributed by atoms with Gasteiger partial charge < -0.3 is 12.2 Å². The van der Waals surface area contributed by atoms with Gasteiger partial charge in [-0.1, -0.05) is 13.0 Å². The molecule has 1 aliphatic rings. The zero-order chi connectivity index (χ0) is 23.8. The van der Waals surface area contributed by atoms with E-state index in [2.05, 4.69) is 34.1 Å². The average molecular weight is 694 g/mol. The van der Waals surface area contributed by atoms with Gasteiger partial charge in [0.2, 0.25) is 5.91 Å². The number of pyridine rings is 1. The summed E-state index contributed by atoms with van der Waals surface area (Å²) in [6.07, 6.45) is -1.06. The molecule has 1 fully saturated rings. The van der Waals surface area contributed by atoms with Crippen LogP contribution in [0.15, 0.2) is 30.5 Å². The van der Waals surface area contributed by atoms with E-state index in [1.165, 1.54) is 6.07 Å². The monoisotopic (exact) mass is 693 g/mol. The first-order chi connectivity index (χ1) is 15.7. The van der Waals surface area contributed by atoms with Gasteiger partial charge in [-0.3, -0.25) is 9.69 Å². The van der Waals surface area contributed by atoms with Crippen molar-refractivity contribution in [3.8, 4) is 0 Å². The minimum absolute atomic E-state index is 0. The van der Waals surface area contributed by atoms with Crippen molar-refractivity contribution in [1.29, 1.82) is 0 Å². The van der Waals surface area contributed by atoms with Gasteiger partial charge in [0.15, 0.2) is 0 Å². The Balaban J connectivity index is 0.00000324. The number of carbonyl (C=O) groups is 1. The Morgan fingerprint density at radius 3 is 2.68 bits per heavy atom. The number of carbonyl (C=O) groups excluding carboxylic acids is 1. The van der Waals surface area contributed by atoms with Crippen LogP contribution in [0, 0.1) is 45.0 Å². The summed E-state index contributed by atoms with van der Waals surface area (Å²) >= 11 is 0. The molecule has 3 heterocycles. The fraction of sp³-hybridized carbons (Fsp3) is 0.333. The van der Waals surface area contributed by atoms with Crippen molar-refractivity contribution in [3.63, 3.8) is 0 Å². The summed E-state index contributed by atoms with van der Waals surface area (Å²) in [4.78, 5) is 27.4. The van der Waals surface area contributed by atoms with Crippen LogP contribution in [0.1, 0.15) is 54.6 Å². The van der Waals surface area contributed by atoms with Crippen LogP contribution in [0.4, 0.5) is 24.8 Å². The Kier molecular flexibility index (Phi) is 8.14. The first-order valence-electron chi connectivity index (χ1n) is 10.7. The van der Waals surface area contributed by atoms with Gasteiger partial charge in [0.25, 0.3) is 0 Å². The van der Waals surface area contributed by atoms with Crippen LogP contribution in [-0.4, -0.2) is 27.4 Å². The Hall–Kier alpha value is -2.31. The van der Waals surface area contributed by atoms with Crippen LogP contribution in [0.2, 0.25) is 0 Å². The Morgan fingerprint density at radius 1 is 1.26 bits per heavy atom. The second-order valence-corrected chi connectivity index (χ2v) is 8.12. The van der Waals surface area contributed by atoms with E-state index in [-0.39, 0.29) is 55.0 Å². The van der Waals surface area contributed by atoms with E-state index >= 15 is 0 Å². The molecule has 2 aromatic heterocycles. The van der Waals surface area contributed by atoms with Crippen molar-refractivity contribution in [3.05, 3.63) is 66.8 Å². The molecule has 0 aliphatic carbocycles. The number of benzene rings is 1. The van der Waals surface area contributed by atoms with Gasteiger partial charge in [-0.25, -0.2) is 15.0 Å². The molecule has 0 radical (unpaired) electrons. The van der Waals surface area contributed by atoms with Crippen molar-refractivity contribution in [2.75, 3.05) is 16.8 Å². The number of hydrogen-bond donors (Lipinski definition) is 1. The normalized spacial score (nSPS) is 14.9. The molecule has 1 amide bonds. The molecule has 1 saturated heterocycles. The standard InChI is InChI=1S/C24H24F3N5O.U/c1-4-14(2)22-30-19-13-28-20(32-10-6-9-21(32)33)11-17(19)23(31-22)29-12-16-7-5-8-18(15(16)3)24(25,26)27;/h5,7-8,11,13-14H,1,3-4,6,9-10,12H2,2H3,(H,29,30,31);/q-2;+2. The number of halogens is 3. The number of amides is 1. The quantitative estimate of drug-likeness (QED) is 0.356. The van der Waals surface area contributed by atoms with Crippen molar-refractivity contribution in [2.45, 2.75) is 44.8 Å². The third-order valence-corrected chi connectivity index (χ3v) is 5.83. The van der Waals surface area contributed by atoms with Crippen LogP contribution in [-0.2, 0) is 17.5 Å². The summed E-state index contributed by atoms with van der Waals surface area (Å²) < 4.78 is 39.8. The maximum atomic E-state index is 13.3. The summed E-state index contributed by atoms with van der Waals surface area (Å²) in [5.74, 6) is 1.51. The molecule has 4 rings (SSSR count). The molecular formula is C24H24F3N5OU. The van der Waals surface area contributed by atoms with Crippen LogP contribution in [0.5, 0.6) is 0 Å². The molecule has 1 aromatic carbocycles. The zero-order valence-electron chi connectivity index (χ0n) is 18.7. The van der Waals surface area contributed by atoms with Crippen LogP contribution < -0.4 is 10.2 Å². The molecule has 1 atom stereocenters. The van der Waals surface area contributed by atoms with Gasteiger partial charge in [0.05, 0.1) is 11.7 Å². The number of alkyl halides is 3. The Bertz CT molecular complexity index is 1200. The van der Waals surface area contributed by atoms with Crippen LogP contribution in [0.3, 0.4) is 0 Å². The molecule has 1 aliphatic heterocycles.